The first kappa shape index (κ1) is 11.2. The van der Waals surface area contributed by atoms with Crippen molar-refractivity contribution >= 4 is 5.91 Å². The van der Waals surface area contributed by atoms with E-state index in [2.05, 4.69) is 10.2 Å². The molecule has 0 saturated carbocycles. The molecule has 0 unspecified atom stereocenters. The quantitative estimate of drug-likeness (QED) is 0.599. The zero-order chi connectivity index (χ0) is 10.2. The molecule has 1 saturated heterocycles. The summed E-state index contributed by atoms with van der Waals surface area (Å²) >= 11 is 0. The molecule has 0 atom stereocenters. The predicted octanol–water partition coefficient (Wildman–Crippen LogP) is -0.253. The van der Waals surface area contributed by atoms with Crippen molar-refractivity contribution in [2.24, 2.45) is 0 Å². The van der Waals surface area contributed by atoms with Crippen LogP contribution in [0.5, 0.6) is 0 Å². The van der Waals surface area contributed by atoms with Crippen LogP contribution in [0.3, 0.4) is 0 Å². The predicted molar refractivity (Wildman–Crippen MR) is 54.9 cm³/mol. The highest BCUT2D eigenvalue weighted by atomic mass is 16.2. The molecule has 0 spiro atoms. The Morgan fingerprint density at radius 2 is 2.14 bits per heavy atom. The van der Waals surface area contributed by atoms with Crippen LogP contribution in [-0.4, -0.2) is 48.7 Å². The first-order valence-electron chi connectivity index (χ1n) is 5.10. The van der Waals surface area contributed by atoms with E-state index in [0.29, 0.717) is 6.54 Å². The highest BCUT2D eigenvalue weighted by molar-refractivity contribution is 5.87. The third kappa shape index (κ3) is 4.39. The van der Waals surface area contributed by atoms with Crippen LogP contribution < -0.4 is 5.32 Å². The van der Waals surface area contributed by atoms with Gasteiger partial charge in [0.05, 0.1) is 6.61 Å². The third-order valence-electron chi connectivity index (χ3n) is 2.30. The zero-order valence-electron chi connectivity index (χ0n) is 8.41. The van der Waals surface area contributed by atoms with Crippen molar-refractivity contribution in [2.75, 3.05) is 32.8 Å². The maximum absolute atomic E-state index is 11.0. The van der Waals surface area contributed by atoms with Gasteiger partial charge in [0.25, 0.3) is 0 Å². The average Bonchev–Trinajstić information content (AvgIpc) is 2.67. The summed E-state index contributed by atoms with van der Waals surface area (Å²) in [5.74, 6) is -0.127. The van der Waals surface area contributed by atoms with Crippen LogP contribution >= 0.6 is 0 Å². The fourth-order valence-corrected chi connectivity index (χ4v) is 1.56. The largest absolute Gasteiger partial charge is 0.392 e. The molecule has 1 amide bonds. The molecule has 4 nitrogen and oxygen atoms in total. The Labute approximate surface area is 84.6 Å². The lowest BCUT2D eigenvalue weighted by Gasteiger charge is -2.13. The number of amides is 1. The second-order valence-corrected chi connectivity index (χ2v) is 3.42. The van der Waals surface area contributed by atoms with Crippen molar-refractivity contribution in [1.29, 1.82) is 0 Å². The minimum atomic E-state index is -0.127. The smallest absolute Gasteiger partial charge is 0.243 e. The van der Waals surface area contributed by atoms with E-state index in [-0.39, 0.29) is 12.5 Å². The number of rotatable bonds is 5. The molecular formula is C10H18N2O2. The van der Waals surface area contributed by atoms with Crippen LogP contribution in [0.15, 0.2) is 12.2 Å². The van der Waals surface area contributed by atoms with Crippen molar-refractivity contribution in [3.05, 3.63) is 12.2 Å². The summed E-state index contributed by atoms with van der Waals surface area (Å²) in [5, 5.41) is 11.2. The van der Waals surface area contributed by atoms with E-state index in [1.54, 1.807) is 0 Å². The van der Waals surface area contributed by atoms with E-state index in [0.717, 1.165) is 19.6 Å². The van der Waals surface area contributed by atoms with Gasteiger partial charge in [-0.15, -0.1) is 0 Å². The van der Waals surface area contributed by atoms with Gasteiger partial charge in [-0.2, -0.15) is 0 Å². The standard InChI is InChI=1S/C10H18N2O2/c13-9-3-4-10(14)11-5-8-12-6-1-2-7-12/h3-4,13H,1-2,5-9H2,(H,11,14)/b4-3+. The first-order valence-corrected chi connectivity index (χ1v) is 5.10. The number of likely N-dealkylation sites (tertiary alicyclic amines) is 1. The van der Waals surface area contributed by atoms with E-state index < -0.39 is 0 Å². The fraction of sp³-hybridized carbons (Fsp3) is 0.700. The molecule has 1 fully saturated rings. The molecule has 0 bridgehead atoms. The molecule has 0 aromatic carbocycles. The molecule has 1 aliphatic rings. The number of carbonyl (C=O) groups is 1. The Morgan fingerprint density at radius 3 is 2.79 bits per heavy atom. The molecule has 1 rings (SSSR count). The van der Waals surface area contributed by atoms with Gasteiger partial charge in [-0.1, -0.05) is 6.08 Å². The Kier molecular flexibility index (Phi) is 5.25. The van der Waals surface area contributed by atoms with Gasteiger partial charge >= 0.3 is 0 Å². The summed E-state index contributed by atoms with van der Waals surface area (Å²) in [6.45, 7) is 3.84. The zero-order valence-corrected chi connectivity index (χ0v) is 8.41. The highest BCUT2D eigenvalue weighted by Crippen LogP contribution is 2.05. The van der Waals surface area contributed by atoms with Crippen LogP contribution in [0.4, 0.5) is 0 Å². The number of nitrogens with one attached hydrogen (secondary N) is 1. The summed E-state index contributed by atoms with van der Waals surface area (Å²) in [7, 11) is 0. The van der Waals surface area contributed by atoms with Gasteiger partial charge in [0.1, 0.15) is 0 Å². The molecule has 2 N–H and O–H groups in total. The van der Waals surface area contributed by atoms with Gasteiger partial charge < -0.3 is 15.3 Å². The SMILES string of the molecule is O=C(/C=C/CO)NCCN1CCCC1. The van der Waals surface area contributed by atoms with Crippen molar-refractivity contribution < 1.29 is 9.90 Å². The number of carbonyl (C=O) groups excluding carboxylic acids is 1. The van der Waals surface area contributed by atoms with Crippen molar-refractivity contribution in [1.82, 2.24) is 10.2 Å². The molecule has 80 valence electrons. The number of hydrogen-bond acceptors (Lipinski definition) is 3. The summed E-state index contributed by atoms with van der Waals surface area (Å²) < 4.78 is 0. The minimum Gasteiger partial charge on any atom is -0.392 e. The molecule has 4 heteroatoms. The van der Waals surface area contributed by atoms with E-state index in [4.69, 9.17) is 5.11 Å². The van der Waals surface area contributed by atoms with E-state index in [1.165, 1.54) is 25.0 Å². The summed E-state index contributed by atoms with van der Waals surface area (Å²) in [6, 6.07) is 0. The normalized spacial score (nSPS) is 17.8. The summed E-state index contributed by atoms with van der Waals surface area (Å²) in [6.07, 6.45) is 5.35. The molecule has 0 aromatic heterocycles. The van der Waals surface area contributed by atoms with Crippen molar-refractivity contribution in [2.45, 2.75) is 12.8 Å². The van der Waals surface area contributed by atoms with Gasteiger partial charge in [0.2, 0.25) is 5.91 Å². The van der Waals surface area contributed by atoms with E-state index >= 15 is 0 Å². The Balaban J connectivity index is 2.02. The van der Waals surface area contributed by atoms with E-state index in [1.807, 2.05) is 0 Å². The number of aliphatic hydroxyl groups is 1. The molecule has 0 aliphatic carbocycles. The number of aliphatic hydroxyl groups excluding tert-OH is 1. The minimum absolute atomic E-state index is 0.0838. The van der Waals surface area contributed by atoms with Crippen LogP contribution in [0.25, 0.3) is 0 Å². The molecule has 0 radical (unpaired) electrons. The van der Waals surface area contributed by atoms with Gasteiger partial charge in [0, 0.05) is 19.2 Å². The van der Waals surface area contributed by atoms with Crippen LogP contribution in [0.2, 0.25) is 0 Å². The van der Waals surface area contributed by atoms with Gasteiger partial charge in [-0.3, -0.25) is 4.79 Å². The lowest BCUT2D eigenvalue weighted by molar-refractivity contribution is -0.116. The molecule has 14 heavy (non-hydrogen) atoms. The summed E-state index contributed by atoms with van der Waals surface area (Å²) in [5.41, 5.74) is 0. The Hall–Kier alpha value is -0.870. The van der Waals surface area contributed by atoms with Crippen molar-refractivity contribution in [3.8, 4) is 0 Å². The number of nitrogens with zero attached hydrogens (tertiary/aromatic N) is 1. The topological polar surface area (TPSA) is 52.6 Å². The third-order valence-corrected chi connectivity index (χ3v) is 2.30. The van der Waals surface area contributed by atoms with Gasteiger partial charge in [-0.25, -0.2) is 0 Å². The van der Waals surface area contributed by atoms with Crippen LogP contribution in [-0.2, 0) is 4.79 Å². The van der Waals surface area contributed by atoms with Crippen LogP contribution in [0, 0.1) is 0 Å². The number of hydrogen-bond donors (Lipinski definition) is 2. The van der Waals surface area contributed by atoms with Gasteiger partial charge in [0.15, 0.2) is 0 Å². The van der Waals surface area contributed by atoms with Gasteiger partial charge in [-0.05, 0) is 25.9 Å². The lowest BCUT2D eigenvalue weighted by atomic mass is 10.4. The fourth-order valence-electron chi connectivity index (χ4n) is 1.56. The maximum Gasteiger partial charge on any atom is 0.243 e. The Morgan fingerprint density at radius 1 is 1.43 bits per heavy atom. The van der Waals surface area contributed by atoms with Crippen molar-refractivity contribution in [3.63, 3.8) is 0 Å². The molecular weight excluding hydrogens is 180 g/mol. The Bertz CT molecular complexity index is 198. The lowest BCUT2D eigenvalue weighted by Crippen LogP contribution is -2.32. The second kappa shape index (κ2) is 6.56. The molecule has 0 aromatic rings. The highest BCUT2D eigenvalue weighted by Gasteiger charge is 2.10. The summed E-state index contributed by atoms with van der Waals surface area (Å²) in [4.78, 5) is 13.4. The second-order valence-electron chi connectivity index (χ2n) is 3.42. The molecule has 1 heterocycles. The molecule has 1 aliphatic heterocycles. The van der Waals surface area contributed by atoms with Crippen LogP contribution in [0.1, 0.15) is 12.8 Å². The van der Waals surface area contributed by atoms with E-state index in [9.17, 15) is 4.79 Å². The first-order chi connectivity index (χ1) is 6.83. The monoisotopic (exact) mass is 198 g/mol. The average molecular weight is 198 g/mol. The maximum atomic E-state index is 11.0.